The number of fused-ring (bicyclic) bond motifs is 1. The number of allylic oxidation sites excluding steroid dienone is 3. The third-order valence-electron chi connectivity index (χ3n) is 8.48. The second-order valence-electron chi connectivity index (χ2n) is 11.6. The molecule has 2 heterocycles. The number of carbonyl (C=O) groups excluding carboxylic acids is 2. The Morgan fingerprint density at radius 1 is 1.19 bits per heavy atom. The van der Waals surface area contributed by atoms with Gasteiger partial charge in [-0.25, -0.2) is 18.6 Å². The summed E-state index contributed by atoms with van der Waals surface area (Å²) in [5.41, 5.74) is 3.81. The summed E-state index contributed by atoms with van der Waals surface area (Å²) in [6.07, 6.45) is 12.3. The average Bonchev–Trinajstić information content (AvgIpc) is 2.96. The molecule has 1 aromatic carbocycles. The summed E-state index contributed by atoms with van der Waals surface area (Å²) in [6, 6.07) is 5.11. The summed E-state index contributed by atoms with van der Waals surface area (Å²) in [5.74, 6) is -1.68. The van der Waals surface area contributed by atoms with Gasteiger partial charge in [-0.3, -0.25) is 24.4 Å². The van der Waals surface area contributed by atoms with E-state index < -0.39 is 50.8 Å². The number of nitrogens with one attached hydrogen (secondary N) is 2. The number of hydroxylamine groups is 1. The zero-order valence-electron chi connectivity index (χ0n) is 24.2. The number of halogens is 2. The molecule has 2 N–H and O–H groups in total. The Morgan fingerprint density at radius 2 is 1.93 bits per heavy atom. The van der Waals surface area contributed by atoms with Crippen LogP contribution in [0.2, 0.25) is 0 Å². The highest BCUT2D eigenvalue weighted by molar-refractivity contribution is 7.88. The molecule has 2 amide bonds. The van der Waals surface area contributed by atoms with E-state index in [1.807, 2.05) is 19.9 Å². The molecule has 2 aliphatic carbocycles. The van der Waals surface area contributed by atoms with Crippen LogP contribution in [0.25, 0.3) is 0 Å². The summed E-state index contributed by atoms with van der Waals surface area (Å²) in [4.78, 5) is 44.4. The van der Waals surface area contributed by atoms with Crippen molar-refractivity contribution in [1.29, 1.82) is 0 Å². The van der Waals surface area contributed by atoms with Crippen molar-refractivity contribution in [3.05, 3.63) is 82.4 Å². The predicted molar refractivity (Wildman–Crippen MR) is 164 cm³/mol. The Kier molecular flexibility index (Phi) is 9.29. The Balaban J connectivity index is 1.59. The Hall–Kier alpha value is -2.83. The molecule has 6 atom stereocenters. The number of amides is 2. The van der Waals surface area contributed by atoms with Gasteiger partial charge >= 0.3 is 0 Å². The highest BCUT2D eigenvalue weighted by Gasteiger charge is 2.56. The number of rotatable bonds is 8. The first-order valence-electron chi connectivity index (χ1n) is 14.2. The minimum Gasteiger partial charge on any atom is -0.329 e. The molecule has 10 nitrogen and oxygen atoms in total. The molecule has 1 aliphatic heterocycles. The first-order valence-corrected chi connectivity index (χ1v) is 16.9. The van der Waals surface area contributed by atoms with Crippen LogP contribution in [0.1, 0.15) is 65.8 Å². The molecule has 1 saturated carbocycles. The van der Waals surface area contributed by atoms with Crippen molar-refractivity contribution in [2.75, 3.05) is 6.26 Å². The van der Waals surface area contributed by atoms with Crippen molar-refractivity contribution in [1.82, 2.24) is 25.1 Å². The first-order chi connectivity index (χ1) is 20.4. The number of carbonyl (C=O) groups is 2. The van der Waals surface area contributed by atoms with Crippen molar-refractivity contribution in [3.8, 4) is 0 Å². The molecule has 0 saturated heterocycles. The van der Waals surface area contributed by atoms with Gasteiger partial charge < -0.3 is 4.90 Å². The number of aryl methyl sites for hydroxylation is 1. The van der Waals surface area contributed by atoms with Crippen LogP contribution < -0.4 is 10.2 Å². The van der Waals surface area contributed by atoms with Gasteiger partial charge in [0.15, 0.2) is 0 Å². The van der Waals surface area contributed by atoms with Gasteiger partial charge in [0, 0.05) is 34.3 Å². The fraction of sp³-hybridized carbons (Fsp3) is 0.467. The third kappa shape index (κ3) is 6.66. The number of nitrogens with zero attached hydrogens (tertiary/aromatic N) is 3. The van der Waals surface area contributed by atoms with Gasteiger partial charge in [0.05, 0.1) is 41.2 Å². The molecule has 3 unspecified atom stereocenters. The molecule has 43 heavy (non-hydrogen) atoms. The lowest BCUT2D eigenvalue weighted by atomic mass is 9.65. The maximum absolute atomic E-state index is 14.5. The van der Waals surface area contributed by atoms with Crippen molar-refractivity contribution < 1.29 is 22.8 Å². The third-order valence-corrected chi connectivity index (χ3v) is 10.1. The van der Waals surface area contributed by atoms with E-state index in [1.54, 1.807) is 53.7 Å². The Bertz CT molecular complexity index is 1550. The molecule has 0 bridgehead atoms. The van der Waals surface area contributed by atoms with E-state index in [-0.39, 0.29) is 12.5 Å². The summed E-state index contributed by atoms with van der Waals surface area (Å²) >= 11 is 13.3. The van der Waals surface area contributed by atoms with Crippen LogP contribution in [-0.2, 0) is 26.3 Å². The fourth-order valence-corrected chi connectivity index (χ4v) is 7.86. The zero-order valence-corrected chi connectivity index (χ0v) is 26.5. The number of sulfonamides is 1. The Morgan fingerprint density at radius 3 is 2.63 bits per heavy atom. The van der Waals surface area contributed by atoms with Crippen LogP contribution in [0, 0.1) is 12.3 Å². The molecule has 1 aromatic heterocycles. The molecule has 0 spiro atoms. The zero-order chi connectivity index (χ0) is 30.9. The van der Waals surface area contributed by atoms with Gasteiger partial charge in [0.2, 0.25) is 10.0 Å². The van der Waals surface area contributed by atoms with Crippen LogP contribution in [0.15, 0.2) is 59.9 Å². The lowest BCUT2D eigenvalue weighted by Gasteiger charge is -2.55. The number of hydrogen-bond donors (Lipinski definition) is 2. The molecular formula is C30H35Cl2N5O5S. The van der Waals surface area contributed by atoms with Gasteiger partial charge in [0.1, 0.15) is 6.61 Å². The van der Waals surface area contributed by atoms with Crippen LogP contribution >= 0.6 is 23.2 Å². The fourth-order valence-electron chi connectivity index (χ4n) is 6.44. The minimum absolute atomic E-state index is 0.0165. The van der Waals surface area contributed by atoms with Crippen LogP contribution in [-0.4, -0.2) is 64.9 Å². The van der Waals surface area contributed by atoms with Crippen molar-refractivity contribution in [2.45, 2.75) is 75.6 Å². The van der Waals surface area contributed by atoms with Gasteiger partial charge in [-0.2, -0.15) is 0 Å². The van der Waals surface area contributed by atoms with Crippen molar-refractivity contribution in [2.24, 2.45) is 5.41 Å². The first kappa shape index (κ1) is 31.6. The SMILES string of the molecule is Cc1cnc(CONC(=O)[C@@H]2c3ccccc3C(=O)N(C3CCCC[C@@H]3NS(C)(=O)=O)[C@H]2C2(C)C=CC(Cl)=CC2Cl)cn1. The minimum atomic E-state index is -3.59. The van der Waals surface area contributed by atoms with E-state index in [0.29, 0.717) is 34.7 Å². The molecule has 1 fully saturated rings. The quantitative estimate of drug-likeness (QED) is 0.326. The largest absolute Gasteiger partial charge is 0.329 e. The molecule has 230 valence electrons. The van der Waals surface area contributed by atoms with Gasteiger partial charge in [-0.15, -0.1) is 11.6 Å². The van der Waals surface area contributed by atoms with Crippen LogP contribution in [0.5, 0.6) is 0 Å². The summed E-state index contributed by atoms with van der Waals surface area (Å²) in [7, 11) is -3.59. The number of benzene rings is 1. The van der Waals surface area contributed by atoms with E-state index in [2.05, 4.69) is 20.2 Å². The second kappa shape index (κ2) is 12.6. The number of aromatic nitrogens is 2. The molecular weight excluding hydrogens is 613 g/mol. The van der Waals surface area contributed by atoms with Crippen LogP contribution in [0.4, 0.5) is 0 Å². The van der Waals surface area contributed by atoms with E-state index in [0.717, 1.165) is 24.8 Å². The molecule has 13 heteroatoms. The van der Waals surface area contributed by atoms with E-state index in [4.69, 9.17) is 28.0 Å². The predicted octanol–water partition coefficient (Wildman–Crippen LogP) is 4.11. The monoisotopic (exact) mass is 647 g/mol. The Labute approximate surface area is 261 Å². The molecule has 5 rings (SSSR count). The van der Waals surface area contributed by atoms with Crippen molar-refractivity contribution >= 4 is 45.0 Å². The topological polar surface area (TPSA) is 131 Å². The smallest absolute Gasteiger partial charge is 0.254 e. The lowest BCUT2D eigenvalue weighted by Crippen LogP contribution is -2.66. The normalized spacial score (nSPS) is 29.1. The molecule has 0 radical (unpaired) electrons. The average molecular weight is 649 g/mol. The molecule has 2 aromatic rings. The number of hydrogen-bond acceptors (Lipinski definition) is 7. The molecule has 3 aliphatic rings. The maximum atomic E-state index is 14.5. The highest BCUT2D eigenvalue weighted by Crippen LogP contribution is 2.50. The summed E-state index contributed by atoms with van der Waals surface area (Å²) in [5, 5.41) is -0.232. The highest BCUT2D eigenvalue weighted by atomic mass is 35.5. The van der Waals surface area contributed by atoms with E-state index >= 15 is 0 Å². The second-order valence-corrected chi connectivity index (χ2v) is 14.3. The maximum Gasteiger partial charge on any atom is 0.254 e. The number of alkyl halides is 1. The van der Waals surface area contributed by atoms with E-state index in [9.17, 15) is 18.0 Å². The van der Waals surface area contributed by atoms with Gasteiger partial charge in [-0.05, 0) is 43.5 Å². The summed E-state index contributed by atoms with van der Waals surface area (Å²) in [6.45, 7) is 3.70. The summed E-state index contributed by atoms with van der Waals surface area (Å²) < 4.78 is 27.6. The lowest BCUT2D eigenvalue weighted by molar-refractivity contribution is -0.139. The van der Waals surface area contributed by atoms with Gasteiger partial charge in [-0.1, -0.05) is 55.6 Å². The van der Waals surface area contributed by atoms with Gasteiger partial charge in [0.25, 0.3) is 11.8 Å². The standard InChI is InChI=1S/C30H35Cl2N5O5S/c1-18-15-34-20(16-33-18)17-42-35-28(38)26-21-8-4-5-9-22(21)29(39)37(24-11-7-6-10-23(24)36-43(3,40)41)27(26)30(2)13-12-19(31)14-25(30)32/h4-5,8-9,12-16,23-27,36H,6-7,10-11,17H2,1-3H3,(H,35,38)/t23-,24?,25?,26+,27+,30?/m0/s1. The van der Waals surface area contributed by atoms with Crippen molar-refractivity contribution in [3.63, 3.8) is 0 Å². The van der Waals surface area contributed by atoms with Crippen LogP contribution in [0.3, 0.4) is 0 Å². The van der Waals surface area contributed by atoms with E-state index in [1.165, 1.54) is 0 Å².